The summed E-state index contributed by atoms with van der Waals surface area (Å²) in [6, 6.07) is 10.9. The molecule has 2 rings (SSSR count). The average Bonchev–Trinajstić information content (AvgIpc) is 2.29. The maximum atomic E-state index is 12.0. The third kappa shape index (κ3) is 4.07. The van der Waals surface area contributed by atoms with Gasteiger partial charge in [0.1, 0.15) is 0 Å². The number of ketones is 1. The highest BCUT2D eigenvalue weighted by atomic mass is 127. The molecular formula is C14H13ClINO. The van der Waals surface area contributed by atoms with Crippen molar-refractivity contribution in [1.82, 2.24) is 0 Å². The summed E-state index contributed by atoms with van der Waals surface area (Å²) in [7, 11) is 0. The molecule has 0 atom stereocenters. The van der Waals surface area contributed by atoms with Crippen molar-refractivity contribution in [1.29, 1.82) is 0 Å². The molecule has 94 valence electrons. The lowest BCUT2D eigenvalue weighted by Gasteiger charge is -1.99. The van der Waals surface area contributed by atoms with Gasteiger partial charge in [0.15, 0.2) is 12.4 Å². The van der Waals surface area contributed by atoms with Gasteiger partial charge in [-0.1, -0.05) is 11.6 Å². The van der Waals surface area contributed by atoms with E-state index in [1.807, 2.05) is 36.0 Å². The van der Waals surface area contributed by atoms with Crippen LogP contribution in [-0.4, -0.2) is 5.78 Å². The fourth-order valence-electron chi connectivity index (χ4n) is 1.64. The molecule has 0 saturated carbocycles. The summed E-state index contributed by atoms with van der Waals surface area (Å²) in [4.78, 5) is 12.0. The summed E-state index contributed by atoms with van der Waals surface area (Å²) >= 11 is 5.78. The summed E-state index contributed by atoms with van der Waals surface area (Å²) in [5.74, 6) is 0.0808. The van der Waals surface area contributed by atoms with Gasteiger partial charge in [0.2, 0.25) is 12.3 Å². The van der Waals surface area contributed by atoms with Crippen LogP contribution in [0.2, 0.25) is 5.02 Å². The Balaban J connectivity index is 0.00000162. The smallest absolute Gasteiger partial charge is 0.227 e. The zero-order valence-corrected chi connectivity index (χ0v) is 12.9. The molecule has 0 amide bonds. The minimum atomic E-state index is 0. The largest absolute Gasteiger partial charge is 1.00 e. The molecule has 0 aliphatic carbocycles. The summed E-state index contributed by atoms with van der Waals surface area (Å²) < 4.78 is 1.88. The number of pyridine rings is 1. The maximum absolute atomic E-state index is 12.0. The number of aromatic nitrogens is 1. The van der Waals surface area contributed by atoms with E-state index < -0.39 is 0 Å². The number of halogens is 2. The molecular weight excluding hydrogens is 361 g/mol. The average molecular weight is 374 g/mol. The number of benzene rings is 1. The van der Waals surface area contributed by atoms with Crippen molar-refractivity contribution in [2.24, 2.45) is 0 Å². The number of rotatable bonds is 3. The molecule has 2 nitrogen and oxygen atoms in total. The fourth-order valence-corrected chi connectivity index (χ4v) is 1.77. The Kier molecular flexibility index (Phi) is 5.75. The van der Waals surface area contributed by atoms with E-state index in [2.05, 4.69) is 0 Å². The molecule has 0 radical (unpaired) electrons. The van der Waals surface area contributed by atoms with Gasteiger partial charge in [0.05, 0.1) is 0 Å². The molecule has 0 unspecified atom stereocenters. The lowest BCUT2D eigenvalue weighted by Crippen LogP contribution is -3.00. The Bertz CT molecular complexity index is 540. The van der Waals surface area contributed by atoms with Crippen LogP contribution in [0.5, 0.6) is 0 Å². The Morgan fingerprint density at radius 2 is 1.89 bits per heavy atom. The van der Waals surface area contributed by atoms with Gasteiger partial charge >= 0.3 is 0 Å². The number of nitrogens with zero attached hydrogens (tertiary/aromatic N) is 1. The fraction of sp³-hybridized carbons (Fsp3) is 0.143. The molecule has 2 aromatic rings. The summed E-state index contributed by atoms with van der Waals surface area (Å²) in [6.45, 7) is 2.35. The monoisotopic (exact) mass is 373 g/mol. The van der Waals surface area contributed by atoms with Crippen molar-refractivity contribution in [3.63, 3.8) is 0 Å². The van der Waals surface area contributed by atoms with Gasteiger partial charge in [0, 0.05) is 22.2 Å². The topological polar surface area (TPSA) is 20.9 Å². The number of aryl methyl sites for hydroxylation is 1. The van der Waals surface area contributed by atoms with Crippen molar-refractivity contribution >= 4 is 17.4 Å². The van der Waals surface area contributed by atoms with E-state index in [9.17, 15) is 4.79 Å². The Labute approximate surface area is 129 Å². The van der Waals surface area contributed by atoms with Crippen molar-refractivity contribution in [2.75, 3.05) is 0 Å². The van der Waals surface area contributed by atoms with Crippen LogP contribution in [0.25, 0.3) is 0 Å². The van der Waals surface area contributed by atoms with E-state index in [1.54, 1.807) is 24.3 Å². The summed E-state index contributed by atoms with van der Waals surface area (Å²) in [6.07, 6.45) is 3.84. The zero-order valence-electron chi connectivity index (χ0n) is 9.94. The molecule has 0 N–H and O–H groups in total. The molecule has 1 heterocycles. The normalized spacial score (nSPS) is 9.67. The Hall–Kier alpha value is -0.940. The van der Waals surface area contributed by atoms with E-state index in [0.29, 0.717) is 17.1 Å². The predicted molar refractivity (Wildman–Crippen MR) is 67.2 cm³/mol. The molecule has 0 fully saturated rings. The van der Waals surface area contributed by atoms with Crippen LogP contribution in [0.1, 0.15) is 15.9 Å². The first kappa shape index (κ1) is 15.1. The lowest BCUT2D eigenvalue weighted by molar-refractivity contribution is -0.683. The SMILES string of the molecule is Cc1ccc[n+](CC(=O)c2ccc(Cl)cc2)c1.[I-]. The van der Waals surface area contributed by atoms with Crippen LogP contribution < -0.4 is 28.5 Å². The van der Waals surface area contributed by atoms with Gasteiger partial charge < -0.3 is 24.0 Å². The van der Waals surface area contributed by atoms with Crippen LogP contribution in [-0.2, 0) is 6.54 Å². The summed E-state index contributed by atoms with van der Waals surface area (Å²) in [5.41, 5.74) is 1.82. The second-order valence-electron chi connectivity index (χ2n) is 3.98. The predicted octanol–water partition coefficient (Wildman–Crippen LogP) is -0.177. The van der Waals surface area contributed by atoms with E-state index in [4.69, 9.17) is 11.6 Å². The molecule has 18 heavy (non-hydrogen) atoms. The highest BCUT2D eigenvalue weighted by Crippen LogP contribution is 2.09. The maximum Gasteiger partial charge on any atom is 0.227 e. The first-order chi connectivity index (χ1) is 8.15. The number of carbonyl (C=O) groups is 1. The molecule has 4 heteroatoms. The van der Waals surface area contributed by atoms with Gasteiger partial charge in [-0.25, -0.2) is 0 Å². The highest BCUT2D eigenvalue weighted by Gasteiger charge is 2.11. The van der Waals surface area contributed by atoms with E-state index in [1.165, 1.54) is 0 Å². The van der Waals surface area contributed by atoms with E-state index >= 15 is 0 Å². The molecule has 0 bridgehead atoms. The van der Waals surface area contributed by atoms with Crippen LogP contribution in [0.4, 0.5) is 0 Å². The number of hydrogen-bond acceptors (Lipinski definition) is 1. The summed E-state index contributed by atoms with van der Waals surface area (Å²) in [5, 5.41) is 0.643. The third-order valence-electron chi connectivity index (χ3n) is 2.50. The van der Waals surface area contributed by atoms with Crippen LogP contribution >= 0.6 is 11.6 Å². The van der Waals surface area contributed by atoms with Crippen molar-refractivity contribution in [3.05, 3.63) is 64.9 Å². The van der Waals surface area contributed by atoms with Crippen LogP contribution in [0, 0.1) is 6.92 Å². The van der Waals surface area contributed by atoms with Crippen molar-refractivity contribution in [2.45, 2.75) is 13.5 Å². The quantitative estimate of drug-likeness (QED) is 0.416. The Morgan fingerprint density at radius 1 is 1.22 bits per heavy atom. The van der Waals surface area contributed by atoms with E-state index in [-0.39, 0.29) is 29.8 Å². The zero-order chi connectivity index (χ0) is 12.3. The molecule has 1 aromatic heterocycles. The number of hydrogen-bond donors (Lipinski definition) is 0. The first-order valence-electron chi connectivity index (χ1n) is 5.39. The molecule has 0 saturated heterocycles. The van der Waals surface area contributed by atoms with Crippen molar-refractivity contribution in [3.8, 4) is 0 Å². The van der Waals surface area contributed by atoms with E-state index in [0.717, 1.165) is 5.56 Å². The minimum absolute atomic E-state index is 0. The van der Waals surface area contributed by atoms with Gasteiger partial charge in [0.25, 0.3) is 0 Å². The van der Waals surface area contributed by atoms with Crippen molar-refractivity contribution < 1.29 is 33.3 Å². The van der Waals surface area contributed by atoms with Gasteiger partial charge in [-0.15, -0.1) is 0 Å². The number of Topliss-reactive ketones (excluding diaryl/α,β-unsaturated/α-hetero) is 1. The van der Waals surface area contributed by atoms with Gasteiger partial charge in [-0.2, -0.15) is 4.57 Å². The second kappa shape index (κ2) is 6.85. The molecule has 0 aliphatic heterocycles. The van der Waals surface area contributed by atoms with Crippen LogP contribution in [0.15, 0.2) is 48.8 Å². The van der Waals surface area contributed by atoms with Gasteiger partial charge in [-0.05, 0) is 37.3 Å². The Morgan fingerprint density at radius 3 is 2.50 bits per heavy atom. The van der Waals surface area contributed by atoms with Gasteiger partial charge in [-0.3, -0.25) is 4.79 Å². The second-order valence-corrected chi connectivity index (χ2v) is 4.42. The first-order valence-corrected chi connectivity index (χ1v) is 5.77. The third-order valence-corrected chi connectivity index (χ3v) is 2.75. The van der Waals surface area contributed by atoms with Crippen LogP contribution in [0.3, 0.4) is 0 Å². The number of carbonyl (C=O) groups excluding carboxylic acids is 1. The molecule has 0 aliphatic rings. The standard InChI is InChI=1S/C14H13ClNO.HI/c1-11-3-2-8-16(9-11)10-14(17)12-4-6-13(15)7-5-12;/h2-9H,10H2,1H3;1H/q+1;/p-1. The lowest BCUT2D eigenvalue weighted by atomic mass is 10.1. The molecule has 1 aromatic carbocycles. The minimum Gasteiger partial charge on any atom is -1.00 e. The molecule has 0 spiro atoms. The highest BCUT2D eigenvalue weighted by molar-refractivity contribution is 6.30.